The monoisotopic (exact) mass is 265 g/mol. The summed E-state index contributed by atoms with van der Waals surface area (Å²) < 4.78 is 13.3. The number of nitrogens with two attached hydrogens (primary N) is 1. The molecule has 0 radical (unpaired) electrons. The molecule has 0 aliphatic heterocycles. The second-order valence-electron chi connectivity index (χ2n) is 4.41. The fraction of sp³-hybridized carbons (Fsp3) is 0.462. The van der Waals surface area contributed by atoms with Crippen LogP contribution in [0.4, 0.5) is 5.69 Å². The third-order valence-electron chi connectivity index (χ3n) is 2.98. The van der Waals surface area contributed by atoms with Crippen molar-refractivity contribution in [2.24, 2.45) is 0 Å². The van der Waals surface area contributed by atoms with Gasteiger partial charge in [0.15, 0.2) is 0 Å². The van der Waals surface area contributed by atoms with Crippen LogP contribution in [0.1, 0.15) is 19.2 Å². The number of benzene rings is 1. The Balaban J connectivity index is 2.31. The number of nitrogen functional groups attached to an aromatic ring is 1. The van der Waals surface area contributed by atoms with Crippen molar-refractivity contribution in [3.05, 3.63) is 24.0 Å². The van der Waals surface area contributed by atoms with Gasteiger partial charge in [0.2, 0.25) is 0 Å². The first-order valence-corrected chi connectivity index (χ1v) is 7.89. The largest absolute Gasteiger partial charge is 0.399 e. The number of nitrogens with zero attached hydrogens (tertiary/aromatic N) is 2. The van der Waals surface area contributed by atoms with E-state index in [9.17, 15) is 4.21 Å². The van der Waals surface area contributed by atoms with Crippen LogP contribution < -0.4 is 5.73 Å². The standard InChI is InChI=1S/C13H19N3OS/c1-3-13-15-11-9-10(14)5-6-12(11)16(13)7-4-8-18(2)17/h5-6,9H,3-4,7-8,14H2,1-2H3. The fourth-order valence-electron chi connectivity index (χ4n) is 2.14. The topological polar surface area (TPSA) is 60.9 Å². The number of hydrogen-bond donors (Lipinski definition) is 1. The molecule has 2 rings (SSSR count). The predicted molar refractivity (Wildman–Crippen MR) is 77.1 cm³/mol. The SMILES string of the molecule is CCc1nc2cc(N)ccc2n1CCCS(C)=O. The average molecular weight is 265 g/mol. The molecule has 0 amide bonds. The molecule has 2 N–H and O–H groups in total. The van der Waals surface area contributed by atoms with Gasteiger partial charge in [-0.15, -0.1) is 0 Å². The summed E-state index contributed by atoms with van der Waals surface area (Å²) in [4.78, 5) is 4.60. The molecule has 0 aliphatic carbocycles. The van der Waals surface area contributed by atoms with Crippen LogP contribution in [0, 0.1) is 0 Å². The number of anilines is 1. The molecule has 1 heterocycles. The van der Waals surface area contributed by atoms with Crippen molar-refractivity contribution < 1.29 is 4.21 Å². The van der Waals surface area contributed by atoms with E-state index in [1.807, 2.05) is 18.2 Å². The average Bonchev–Trinajstić information content (AvgIpc) is 2.66. The summed E-state index contributed by atoms with van der Waals surface area (Å²) in [5.74, 6) is 1.80. The zero-order valence-corrected chi connectivity index (χ0v) is 11.7. The van der Waals surface area contributed by atoms with Crippen LogP contribution in [0.25, 0.3) is 11.0 Å². The van der Waals surface area contributed by atoms with Gasteiger partial charge in [0, 0.05) is 41.5 Å². The highest BCUT2D eigenvalue weighted by molar-refractivity contribution is 7.84. The molecule has 18 heavy (non-hydrogen) atoms. The van der Waals surface area contributed by atoms with Gasteiger partial charge in [0.25, 0.3) is 0 Å². The lowest BCUT2D eigenvalue weighted by atomic mass is 10.3. The number of rotatable bonds is 5. The van der Waals surface area contributed by atoms with Gasteiger partial charge in [-0.25, -0.2) is 4.98 Å². The molecule has 0 aliphatic rings. The number of aromatic nitrogens is 2. The van der Waals surface area contributed by atoms with Crippen molar-refractivity contribution >= 4 is 27.5 Å². The maximum atomic E-state index is 11.1. The van der Waals surface area contributed by atoms with Gasteiger partial charge in [0.05, 0.1) is 11.0 Å². The lowest BCUT2D eigenvalue weighted by molar-refractivity contribution is 0.650. The molecule has 2 aromatic rings. The maximum Gasteiger partial charge on any atom is 0.109 e. The van der Waals surface area contributed by atoms with Crippen molar-refractivity contribution in [1.82, 2.24) is 9.55 Å². The molecule has 0 fully saturated rings. The smallest absolute Gasteiger partial charge is 0.109 e. The van der Waals surface area contributed by atoms with Crippen LogP contribution in [0.2, 0.25) is 0 Å². The third-order valence-corrected chi connectivity index (χ3v) is 3.84. The minimum Gasteiger partial charge on any atom is -0.399 e. The van der Waals surface area contributed by atoms with E-state index in [0.29, 0.717) is 0 Å². The predicted octanol–water partition coefficient (Wildman–Crippen LogP) is 1.95. The van der Waals surface area contributed by atoms with Crippen LogP contribution >= 0.6 is 0 Å². The lowest BCUT2D eigenvalue weighted by Crippen LogP contribution is -2.06. The van der Waals surface area contributed by atoms with Crippen molar-refractivity contribution in [2.75, 3.05) is 17.7 Å². The molecule has 0 saturated carbocycles. The zero-order valence-electron chi connectivity index (χ0n) is 10.8. The first-order chi connectivity index (χ1) is 8.61. The molecule has 98 valence electrons. The molecular formula is C13H19N3OS. The minimum atomic E-state index is -0.727. The number of fused-ring (bicyclic) bond motifs is 1. The van der Waals surface area contributed by atoms with Gasteiger partial charge < -0.3 is 10.3 Å². The van der Waals surface area contributed by atoms with E-state index in [2.05, 4.69) is 16.5 Å². The molecule has 1 aromatic heterocycles. The third kappa shape index (κ3) is 2.72. The first-order valence-electron chi connectivity index (χ1n) is 6.16. The highest BCUT2D eigenvalue weighted by Crippen LogP contribution is 2.19. The summed E-state index contributed by atoms with van der Waals surface area (Å²) in [5.41, 5.74) is 8.58. The van der Waals surface area contributed by atoms with E-state index in [1.54, 1.807) is 6.26 Å². The Kier molecular flexibility index (Phi) is 4.01. The summed E-state index contributed by atoms with van der Waals surface area (Å²) in [6.07, 6.45) is 3.54. The normalized spacial score (nSPS) is 13.0. The zero-order chi connectivity index (χ0) is 13.1. The molecular weight excluding hydrogens is 246 g/mol. The van der Waals surface area contributed by atoms with Crippen LogP contribution in [0.5, 0.6) is 0 Å². The van der Waals surface area contributed by atoms with Gasteiger partial charge in [-0.3, -0.25) is 4.21 Å². The van der Waals surface area contributed by atoms with Crippen molar-refractivity contribution in [3.63, 3.8) is 0 Å². The lowest BCUT2D eigenvalue weighted by Gasteiger charge is -2.07. The van der Waals surface area contributed by atoms with Gasteiger partial charge >= 0.3 is 0 Å². The van der Waals surface area contributed by atoms with E-state index in [0.717, 1.165) is 47.7 Å². The van der Waals surface area contributed by atoms with Crippen molar-refractivity contribution in [1.29, 1.82) is 0 Å². The summed E-state index contributed by atoms with van der Waals surface area (Å²) in [6, 6.07) is 5.82. The summed E-state index contributed by atoms with van der Waals surface area (Å²) in [6.45, 7) is 2.96. The molecule has 1 unspecified atom stereocenters. The van der Waals surface area contributed by atoms with Crippen LogP contribution in [-0.4, -0.2) is 25.8 Å². The van der Waals surface area contributed by atoms with Crippen LogP contribution in [0.15, 0.2) is 18.2 Å². The second-order valence-corrected chi connectivity index (χ2v) is 5.97. The highest BCUT2D eigenvalue weighted by atomic mass is 32.2. The number of hydrogen-bond acceptors (Lipinski definition) is 3. The molecule has 1 aromatic carbocycles. The fourth-order valence-corrected chi connectivity index (χ4v) is 2.68. The Bertz CT molecular complexity index is 577. The Hall–Kier alpha value is -1.36. The van der Waals surface area contributed by atoms with E-state index in [4.69, 9.17) is 5.73 Å². The Morgan fingerprint density at radius 1 is 1.44 bits per heavy atom. The van der Waals surface area contributed by atoms with E-state index in [-0.39, 0.29) is 0 Å². The molecule has 1 atom stereocenters. The van der Waals surface area contributed by atoms with Gasteiger partial charge in [-0.1, -0.05) is 6.92 Å². The Morgan fingerprint density at radius 2 is 2.22 bits per heavy atom. The number of imidazole rings is 1. The quantitative estimate of drug-likeness (QED) is 0.841. The van der Waals surface area contributed by atoms with E-state index in [1.165, 1.54) is 0 Å². The minimum absolute atomic E-state index is 0.727. The van der Waals surface area contributed by atoms with E-state index >= 15 is 0 Å². The molecule has 0 saturated heterocycles. The van der Waals surface area contributed by atoms with Crippen molar-refractivity contribution in [2.45, 2.75) is 26.3 Å². The van der Waals surface area contributed by atoms with Gasteiger partial charge in [0.1, 0.15) is 5.82 Å². The summed E-state index contributed by atoms with van der Waals surface area (Å²) in [5, 5.41) is 0. The van der Waals surface area contributed by atoms with Gasteiger partial charge in [-0.2, -0.15) is 0 Å². The maximum absolute atomic E-state index is 11.1. The number of aryl methyl sites for hydroxylation is 2. The van der Waals surface area contributed by atoms with Crippen LogP contribution in [-0.2, 0) is 23.8 Å². The molecule has 5 heteroatoms. The first kappa shape index (κ1) is 13.1. The molecule has 4 nitrogen and oxygen atoms in total. The van der Waals surface area contributed by atoms with Crippen LogP contribution in [0.3, 0.4) is 0 Å². The summed E-state index contributed by atoms with van der Waals surface area (Å²) in [7, 11) is -0.727. The van der Waals surface area contributed by atoms with Gasteiger partial charge in [-0.05, 0) is 24.6 Å². The van der Waals surface area contributed by atoms with Crippen molar-refractivity contribution in [3.8, 4) is 0 Å². The highest BCUT2D eigenvalue weighted by Gasteiger charge is 2.09. The van der Waals surface area contributed by atoms with E-state index < -0.39 is 10.8 Å². The summed E-state index contributed by atoms with van der Waals surface area (Å²) >= 11 is 0. The Labute approximate surface area is 110 Å². The molecule has 0 spiro atoms. The second kappa shape index (κ2) is 5.52. The molecule has 0 bridgehead atoms. The Morgan fingerprint density at radius 3 is 2.89 bits per heavy atom.